The number of rotatable bonds is 9. The minimum absolute atomic E-state index is 0.118. The zero-order valence-corrected chi connectivity index (χ0v) is 15.5. The largest absolute Gasteiger partial charge is 0.382 e. The monoisotopic (exact) mass is 356 g/mol. The number of sulfonamides is 1. The quantitative estimate of drug-likeness (QED) is 0.226. The van der Waals surface area contributed by atoms with Gasteiger partial charge in [-0.3, -0.25) is 0 Å². The molecular weight excluding hydrogens is 328 g/mol. The first-order chi connectivity index (χ1) is 11.2. The second-order valence-electron chi connectivity index (χ2n) is 5.51. The molecule has 0 radical (unpaired) electrons. The third-order valence-electron chi connectivity index (χ3n) is 3.60. The summed E-state index contributed by atoms with van der Waals surface area (Å²) in [6.45, 7) is 4.21. The average Bonchev–Trinajstić information content (AvgIpc) is 2.53. The molecule has 0 bridgehead atoms. The molecule has 1 atom stereocenters. The highest BCUT2D eigenvalue weighted by Crippen LogP contribution is 2.23. The summed E-state index contributed by atoms with van der Waals surface area (Å²) >= 11 is 0. The number of nitrogens with one attached hydrogen (secondary N) is 2. The van der Waals surface area contributed by atoms with E-state index < -0.39 is 10.0 Å². The molecule has 1 unspecified atom stereocenters. The van der Waals surface area contributed by atoms with E-state index in [9.17, 15) is 8.42 Å². The number of anilines is 1. The summed E-state index contributed by atoms with van der Waals surface area (Å²) in [5.74, 6) is 5.66. The van der Waals surface area contributed by atoms with Crippen LogP contribution in [0.25, 0.3) is 0 Å². The molecule has 0 amide bonds. The van der Waals surface area contributed by atoms with Gasteiger partial charge in [0.2, 0.25) is 10.0 Å². The summed E-state index contributed by atoms with van der Waals surface area (Å²) in [4.78, 5) is 0.118. The Morgan fingerprint density at radius 2 is 2.04 bits per heavy atom. The Kier molecular flexibility index (Phi) is 7.46. The van der Waals surface area contributed by atoms with Crippen molar-refractivity contribution in [2.24, 2.45) is 16.7 Å². The molecule has 1 aromatic rings. The first-order valence-electron chi connectivity index (χ1n) is 7.92. The molecule has 0 aliphatic heterocycles. The number of nitrogens with two attached hydrogens (primary N) is 2. The van der Waals surface area contributed by atoms with Gasteiger partial charge in [-0.1, -0.05) is 20.3 Å². The van der Waals surface area contributed by atoms with Crippen LogP contribution in [0.1, 0.15) is 38.7 Å². The lowest BCUT2D eigenvalue weighted by molar-refractivity contribution is 0.371. The van der Waals surface area contributed by atoms with Crippen molar-refractivity contribution < 1.29 is 8.42 Å². The van der Waals surface area contributed by atoms with Crippen molar-refractivity contribution in [1.29, 1.82) is 0 Å². The minimum atomic E-state index is -3.58. The number of hydrogen-bond donors (Lipinski definition) is 4. The minimum Gasteiger partial charge on any atom is -0.382 e. The van der Waals surface area contributed by atoms with Gasteiger partial charge in [0.25, 0.3) is 0 Å². The van der Waals surface area contributed by atoms with Gasteiger partial charge in [-0.25, -0.2) is 24.1 Å². The van der Waals surface area contributed by atoms with E-state index >= 15 is 0 Å². The zero-order chi connectivity index (χ0) is 18.3. The summed E-state index contributed by atoms with van der Waals surface area (Å²) in [6, 6.07) is 5.01. The Morgan fingerprint density at radius 3 is 2.54 bits per heavy atom. The molecule has 9 heteroatoms. The van der Waals surface area contributed by atoms with E-state index in [1.165, 1.54) is 19.2 Å². The predicted molar refractivity (Wildman–Crippen MR) is 98.0 cm³/mol. The van der Waals surface area contributed by atoms with Crippen LogP contribution >= 0.6 is 0 Å². The summed E-state index contributed by atoms with van der Waals surface area (Å²) < 4.78 is 26.4. The van der Waals surface area contributed by atoms with Gasteiger partial charge >= 0.3 is 0 Å². The molecular formula is C15H28N6O2S. The third-order valence-corrected chi connectivity index (χ3v) is 5.01. The molecule has 0 saturated carbocycles. The Morgan fingerprint density at radius 1 is 1.38 bits per heavy atom. The van der Waals surface area contributed by atoms with Gasteiger partial charge < -0.3 is 11.1 Å². The summed E-state index contributed by atoms with van der Waals surface area (Å²) in [7, 11) is -0.673. The van der Waals surface area contributed by atoms with E-state index in [0.717, 1.165) is 30.1 Å². The van der Waals surface area contributed by atoms with Crippen molar-refractivity contribution in [3.63, 3.8) is 0 Å². The molecule has 0 spiro atoms. The van der Waals surface area contributed by atoms with E-state index in [2.05, 4.69) is 29.0 Å². The van der Waals surface area contributed by atoms with Crippen molar-refractivity contribution in [1.82, 2.24) is 9.84 Å². The maximum atomic E-state index is 12.0. The van der Waals surface area contributed by atoms with Gasteiger partial charge in [0.1, 0.15) is 0 Å². The molecule has 0 heterocycles. The Labute approximate surface area is 144 Å². The maximum absolute atomic E-state index is 12.0. The van der Waals surface area contributed by atoms with Gasteiger partial charge in [0.05, 0.1) is 4.90 Å². The lowest BCUT2D eigenvalue weighted by Crippen LogP contribution is -2.28. The van der Waals surface area contributed by atoms with E-state index in [1.807, 2.05) is 0 Å². The number of nitrogens with zero attached hydrogens (tertiary/aromatic N) is 2. The number of hydrazine groups is 1. The fourth-order valence-corrected chi connectivity index (χ4v) is 3.07. The third kappa shape index (κ3) is 5.36. The summed E-state index contributed by atoms with van der Waals surface area (Å²) in [5, 5.41) is 8.49. The van der Waals surface area contributed by atoms with Gasteiger partial charge in [-0.2, -0.15) is 0 Å². The van der Waals surface area contributed by atoms with Crippen LogP contribution in [0.4, 0.5) is 5.69 Å². The van der Waals surface area contributed by atoms with Gasteiger partial charge in [-0.05, 0) is 38.1 Å². The van der Waals surface area contributed by atoms with Crippen molar-refractivity contribution in [2.45, 2.75) is 44.0 Å². The number of benzene rings is 1. The predicted octanol–water partition coefficient (Wildman–Crippen LogP) is 1.01. The van der Waals surface area contributed by atoms with E-state index in [-0.39, 0.29) is 16.8 Å². The van der Waals surface area contributed by atoms with Crippen LogP contribution in [0.3, 0.4) is 0 Å². The SMILES string of the molecule is CCCC(CC)Nc1ccc(S(=O)(=O)NC)cc1/C(N)=N/N(C)N. The van der Waals surface area contributed by atoms with Crippen LogP contribution in [0.15, 0.2) is 28.2 Å². The van der Waals surface area contributed by atoms with Crippen LogP contribution in [0.2, 0.25) is 0 Å². The number of amidine groups is 1. The second-order valence-corrected chi connectivity index (χ2v) is 7.40. The number of hydrazone groups is 1. The Balaban J connectivity index is 3.37. The zero-order valence-electron chi connectivity index (χ0n) is 14.7. The van der Waals surface area contributed by atoms with Crippen molar-refractivity contribution in [3.05, 3.63) is 23.8 Å². The normalized spacial score (nSPS) is 13.6. The van der Waals surface area contributed by atoms with Crippen LogP contribution in [-0.4, -0.2) is 39.5 Å². The molecule has 1 aromatic carbocycles. The van der Waals surface area contributed by atoms with E-state index in [0.29, 0.717) is 5.56 Å². The van der Waals surface area contributed by atoms with Gasteiger partial charge in [0, 0.05) is 24.3 Å². The van der Waals surface area contributed by atoms with Crippen molar-refractivity contribution >= 4 is 21.5 Å². The second kappa shape index (κ2) is 8.86. The lowest BCUT2D eigenvalue weighted by Gasteiger charge is -2.21. The molecule has 0 fully saturated rings. The lowest BCUT2D eigenvalue weighted by atomic mass is 10.1. The molecule has 6 N–H and O–H groups in total. The first kappa shape index (κ1) is 20.2. The standard InChI is InChI=1S/C15H28N6O2S/c1-5-7-11(6-2)19-14-9-8-12(24(22,23)18-3)10-13(14)15(16)20-21(4)17/h8-11,18-19H,5-7,17H2,1-4H3,(H2,16,20). The highest BCUT2D eigenvalue weighted by molar-refractivity contribution is 7.89. The molecule has 136 valence electrons. The van der Waals surface area contributed by atoms with Crippen molar-refractivity contribution in [2.75, 3.05) is 19.4 Å². The van der Waals surface area contributed by atoms with Gasteiger partial charge in [0.15, 0.2) is 5.84 Å². The van der Waals surface area contributed by atoms with E-state index in [1.54, 1.807) is 13.1 Å². The smallest absolute Gasteiger partial charge is 0.240 e. The van der Waals surface area contributed by atoms with Gasteiger partial charge in [-0.15, -0.1) is 5.10 Å². The fraction of sp³-hybridized carbons (Fsp3) is 0.533. The van der Waals surface area contributed by atoms with Crippen molar-refractivity contribution in [3.8, 4) is 0 Å². The molecule has 0 saturated heterocycles. The van der Waals surface area contributed by atoms with Crippen LogP contribution in [0.5, 0.6) is 0 Å². The topological polar surface area (TPSA) is 126 Å². The Bertz CT molecular complexity index is 673. The van der Waals surface area contributed by atoms with E-state index in [4.69, 9.17) is 11.6 Å². The summed E-state index contributed by atoms with van der Waals surface area (Å²) in [6.07, 6.45) is 2.99. The maximum Gasteiger partial charge on any atom is 0.240 e. The van der Waals surface area contributed by atoms with Crippen LogP contribution in [-0.2, 0) is 10.0 Å². The van der Waals surface area contributed by atoms with Crippen LogP contribution in [0, 0.1) is 0 Å². The first-order valence-corrected chi connectivity index (χ1v) is 9.40. The molecule has 24 heavy (non-hydrogen) atoms. The highest BCUT2D eigenvalue weighted by Gasteiger charge is 2.17. The van der Waals surface area contributed by atoms with Crippen LogP contribution < -0.4 is 21.6 Å². The highest BCUT2D eigenvalue weighted by atomic mass is 32.2. The molecule has 0 aromatic heterocycles. The molecule has 1 rings (SSSR count). The molecule has 0 aliphatic carbocycles. The summed E-state index contributed by atoms with van der Waals surface area (Å²) in [5.41, 5.74) is 7.24. The fourth-order valence-electron chi connectivity index (χ4n) is 2.32. The molecule has 0 aliphatic rings. The Hall–Kier alpha value is -1.84. The molecule has 8 nitrogen and oxygen atoms in total. The average molecular weight is 356 g/mol. The number of hydrogen-bond acceptors (Lipinski definition) is 6.